The topological polar surface area (TPSA) is 39.3 Å². The third kappa shape index (κ3) is 3.88. The van der Waals surface area contributed by atoms with Crippen LogP contribution in [0.25, 0.3) is 0 Å². The standard InChI is InChI=1S/C18H22ClN3O/c1-21(18(23)17-11-15(19)12-20-17)13-14-5-7-16(8-6-14)22-9-3-2-4-10-22/h5-8,11-12,20H,2-4,9-10,13H2,1H3. The van der Waals surface area contributed by atoms with E-state index in [2.05, 4.69) is 34.1 Å². The minimum Gasteiger partial charge on any atom is -0.372 e. The summed E-state index contributed by atoms with van der Waals surface area (Å²) in [6.45, 7) is 2.87. The second-order valence-electron chi connectivity index (χ2n) is 6.11. The van der Waals surface area contributed by atoms with Crippen molar-refractivity contribution >= 4 is 23.2 Å². The maximum absolute atomic E-state index is 12.3. The van der Waals surface area contributed by atoms with Gasteiger partial charge in [0.15, 0.2) is 0 Å². The summed E-state index contributed by atoms with van der Waals surface area (Å²) in [7, 11) is 1.80. The van der Waals surface area contributed by atoms with Crippen LogP contribution in [0.2, 0.25) is 5.02 Å². The molecule has 1 aromatic heterocycles. The summed E-state index contributed by atoms with van der Waals surface area (Å²) in [6.07, 6.45) is 5.51. The van der Waals surface area contributed by atoms with Gasteiger partial charge in [-0.15, -0.1) is 0 Å². The molecule has 1 N–H and O–H groups in total. The summed E-state index contributed by atoms with van der Waals surface area (Å²) in [5.41, 5.74) is 2.92. The SMILES string of the molecule is CN(Cc1ccc(N2CCCCC2)cc1)C(=O)c1cc(Cl)c[nH]1. The van der Waals surface area contributed by atoms with Crippen molar-refractivity contribution < 1.29 is 4.79 Å². The van der Waals surface area contributed by atoms with Gasteiger partial charge in [-0.3, -0.25) is 4.79 Å². The van der Waals surface area contributed by atoms with Gasteiger partial charge < -0.3 is 14.8 Å². The number of amides is 1. The van der Waals surface area contributed by atoms with Gasteiger partial charge in [-0.05, 0) is 43.0 Å². The number of aromatic amines is 1. The van der Waals surface area contributed by atoms with E-state index in [4.69, 9.17) is 11.6 Å². The molecular weight excluding hydrogens is 310 g/mol. The summed E-state index contributed by atoms with van der Waals surface area (Å²) in [5, 5.41) is 0.549. The van der Waals surface area contributed by atoms with Crippen molar-refractivity contribution in [2.75, 3.05) is 25.0 Å². The number of benzene rings is 1. The Hall–Kier alpha value is -1.94. The first-order valence-corrected chi connectivity index (χ1v) is 8.44. The van der Waals surface area contributed by atoms with Crippen LogP contribution in [0.3, 0.4) is 0 Å². The lowest BCUT2D eigenvalue weighted by Crippen LogP contribution is -2.29. The third-order valence-corrected chi connectivity index (χ3v) is 4.52. The fraction of sp³-hybridized carbons (Fsp3) is 0.389. The Morgan fingerprint density at radius 3 is 2.52 bits per heavy atom. The third-order valence-electron chi connectivity index (χ3n) is 4.30. The van der Waals surface area contributed by atoms with Crippen LogP contribution < -0.4 is 4.90 Å². The van der Waals surface area contributed by atoms with E-state index in [0.29, 0.717) is 17.3 Å². The average molecular weight is 332 g/mol. The molecule has 1 saturated heterocycles. The minimum absolute atomic E-state index is 0.0583. The zero-order valence-corrected chi connectivity index (χ0v) is 14.1. The van der Waals surface area contributed by atoms with Crippen molar-refractivity contribution in [2.24, 2.45) is 0 Å². The lowest BCUT2D eigenvalue weighted by Gasteiger charge is -2.29. The molecule has 122 valence electrons. The number of aromatic nitrogens is 1. The number of halogens is 1. The van der Waals surface area contributed by atoms with E-state index in [-0.39, 0.29) is 5.91 Å². The van der Waals surface area contributed by atoms with E-state index >= 15 is 0 Å². The molecule has 2 aromatic rings. The first-order valence-electron chi connectivity index (χ1n) is 8.07. The van der Waals surface area contributed by atoms with Crippen LogP contribution in [-0.4, -0.2) is 35.9 Å². The van der Waals surface area contributed by atoms with Crippen molar-refractivity contribution in [1.82, 2.24) is 9.88 Å². The molecular formula is C18H22ClN3O. The first kappa shape index (κ1) is 15.9. The number of nitrogens with one attached hydrogen (secondary N) is 1. The van der Waals surface area contributed by atoms with Gasteiger partial charge in [-0.25, -0.2) is 0 Å². The number of H-pyrrole nitrogens is 1. The quantitative estimate of drug-likeness (QED) is 0.922. The molecule has 5 heteroatoms. The smallest absolute Gasteiger partial charge is 0.270 e. The number of nitrogens with zero attached hydrogens (tertiary/aromatic N) is 2. The highest BCUT2D eigenvalue weighted by Crippen LogP contribution is 2.21. The number of anilines is 1. The van der Waals surface area contributed by atoms with E-state index in [1.54, 1.807) is 24.2 Å². The van der Waals surface area contributed by atoms with Crippen LogP contribution in [0, 0.1) is 0 Å². The number of carbonyl (C=O) groups excluding carboxylic acids is 1. The van der Waals surface area contributed by atoms with Gasteiger partial charge >= 0.3 is 0 Å². The molecule has 0 spiro atoms. The first-order chi connectivity index (χ1) is 11.1. The molecule has 1 aromatic carbocycles. The van der Waals surface area contributed by atoms with Crippen LogP contribution in [-0.2, 0) is 6.54 Å². The number of hydrogen-bond donors (Lipinski definition) is 1. The van der Waals surface area contributed by atoms with Crippen molar-refractivity contribution in [3.63, 3.8) is 0 Å². The molecule has 0 aliphatic carbocycles. The maximum Gasteiger partial charge on any atom is 0.270 e. The Bertz CT molecular complexity index is 659. The minimum atomic E-state index is -0.0583. The van der Waals surface area contributed by atoms with E-state index in [1.807, 2.05) is 0 Å². The second-order valence-corrected chi connectivity index (χ2v) is 6.54. The van der Waals surface area contributed by atoms with Gasteiger partial charge in [0, 0.05) is 38.6 Å². The molecule has 0 saturated carbocycles. The van der Waals surface area contributed by atoms with Crippen LogP contribution >= 0.6 is 11.6 Å². The molecule has 3 rings (SSSR count). The van der Waals surface area contributed by atoms with Crippen LogP contribution in [0.5, 0.6) is 0 Å². The molecule has 1 amide bonds. The summed E-state index contributed by atoms with van der Waals surface area (Å²) in [6, 6.07) is 10.2. The Morgan fingerprint density at radius 2 is 1.91 bits per heavy atom. The van der Waals surface area contributed by atoms with Gasteiger partial charge in [0.1, 0.15) is 5.69 Å². The molecule has 4 nitrogen and oxygen atoms in total. The zero-order valence-electron chi connectivity index (χ0n) is 13.4. The van der Waals surface area contributed by atoms with Crippen molar-refractivity contribution in [1.29, 1.82) is 0 Å². The molecule has 0 radical (unpaired) electrons. The number of carbonyl (C=O) groups is 1. The lowest BCUT2D eigenvalue weighted by molar-refractivity contribution is 0.0780. The number of rotatable bonds is 4. The summed E-state index contributed by atoms with van der Waals surface area (Å²) in [4.78, 5) is 19.3. The fourth-order valence-electron chi connectivity index (χ4n) is 3.01. The highest BCUT2D eigenvalue weighted by molar-refractivity contribution is 6.30. The Morgan fingerprint density at radius 1 is 1.22 bits per heavy atom. The highest BCUT2D eigenvalue weighted by atomic mass is 35.5. The monoisotopic (exact) mass is 331 g/mol. The molecule has 23 heavy (non-hydrogen) atoms. The lowest BCUT2D eigenvalue weighted by atomic mass is 10.1. The maximum atomic E-state index is 12.3. The normalized spacial score (nSPS) is 14.8. The molecule has 1 fully saturated rings. The second kappa shape index (κ2) is 7.09. The summed E-state index contributed by atoms with van der Waals surface area (Å²) in [5.74, 6) is -0.0583. The Balaban J connectivity index is 1.62. The van der Waals surface area contributed by atoms with Crippen molar-refractivity contribution in [2.45, 2.75) is 25.8 Å². The zero-order chi connectivity index (χ0) is 16.2. The molecule has 0 bridgehead atoms. The predicted octanol–water partition coefficient (Wildman–Crippen LogP) is 3.93. The van der Waals surface area contributed by atoms with Gasteiger partial charge in [0.05, 0.1) is 5.02 Å². The van der Waals surface area contributed by atoms with E-state index in [9.17, 15) is 4.79 Å². The molecule has 0 atom stereocenters. The summed E-state index contributed by atoms with van der Waals surface area (Å²) >= 11 is 5.85. The van der Waals surface area contributed by atoms with E-state index < -0.39 is 0 Å². The van der Waals surface area contributed by atoms with Crippen molar-refractivity contribution in [3.05, 3.63) is 52.8 Å². The van der Waals surface area contributed by atoms with E-state index in [0.717, 1.165) is 18.7 Å². The van der Waals surface area contributed by atoms with Gasteiger partial charge in [0.25, 0.3) is 5.91 Å². The van der Waals surface area contributed by atoms with Crippen LogP contribution in [0.15, 0.2) is 36.5 Å². The Labute approximate surface area is 142 Å². The van der Waals surface area contributed by atoms with Gasteiger partial charge in [-0.1, -0.05) is 23.7 Å². The molecule has 1 aliphatic heterocycles. The molecule has 2 heterocycles. The predicted molar refractivity (Wildman–Crippen MR) is 94.1 cm³/mol. The number of piperidine rings is 1. The Kier molecular flexibility index (Phi) is 4.91. The van der Waals surface area contributed by atoms with Crippen molar-refractivity contribution in [3.8, 4) is 0 Å². The van der Waals surface area contributed by atoms with E-state index in [1.165, 1.54) is 24.9 Å². The summed E-state index contributed by atoms with van der Waals surface area (Å²) < 4.78 is 0. The fourth-order valence-corrected chi connectivity index (χ4v) is 3.17. The average Bonchev–Trinajstić information content (AvgIpc) is 3.02. The molecule has 0 unspecified atom stereocenters. The largest absolute Gasteiger partial charge is 0.372 e. The molecule has 1 aliphatic rings. The van der Waals surface area contributed by atoms with Crippen LogP contribution in [0.1, 0.15) is 35.3 Å². The van der Waals surface area contributed by atoms with Crippen LogP contribution in [0.4, 0.5) is 5.69 Å². The van der Waals surface area contributed by atoms with Gasteiger partial charge in [-0.2, -0.15) is 0 Å². The highest BCUT2D eigenvalue weighted by Gasteiger charge is 2.14. The number of hydrogen-bond acceptors (Lipinski definition) is 2. The van der Waals surface area contributed by atoms with Gasteiger partial charge in [0.2, 0.25) is 0 Å².